The van der Waals surface area contributed by atoms with E-state index in [0.717, 1.165) is 5.56 Å². The molecule has 0 spiro atoms. The first-order valence-electron chi connectivity index (χ1n) is 11.6. The van der Waals surface area contributed by atoms with Gasteiger partial charge in [-0.05, 0) is 5.56 Å². The number of hydrogen-bond donors (Lipinski definition) is 0. The van der Waals surface area contributed by atoms with Gasteiger partial charge in [0.15, 0.2) is 5.16 Å². The van der Waals surface area contributed by atoms with Gasteiger partial charge in [-0.25, -0.2) is 9.97 Å². The number of nitrogens with zero attached hydrogens (tertiary/aromatic N) is 5. The van der Waals surface area contributed by atoms with Gasteiger partial charge in [-0.3, -0.25) is 9.59 Å². The number of carbonyl (C=O) groups excluding carboxylic acids is 2. The lowest BCUT2D eigenvalue weighted by molar-refractivity contribution is -0.133. The Kier molecular flexibility index (Phi) is 10.3. The number of thioether (sulfide) groups is 3. The van der Waals surface area contributed by atoms with Crippen molar-refractivity contribution in [3.63, 3.8) is 0 Å². The van der Waals surface area contributed by atoms with Gasteiger partial charge in [0, 0.05) is 31.9 Å². The topological polar surface area (TPSA) is 109 Å². The molecule has 0 unspecified atom stereocenters. The Balaban J connectivity index is 1.49. The monoisotopic (exact) mass is 545 g/mol. The number of benzene rings is 1. The minimum Gasteiger partial charge on any atom is -0.378 e. The van der Waals surface area contributed by atoms with Crippen molar-refractivity contribution >= 4 is 47.1 Å². The highest BCUT2D eigenvalue weighted by Crippen LogP contribution is 2.32. The fraction of sp³-hybridized carbons (Fsp3) is 0.458. The van der Waals surface area contributed by atoms with Crippen molar-refractivity contribution in [1.82, 2.24) is 19.8 Å². The Bertz CT molecular complexity index is 1090. The predicted octanol–water partition coefficient (Wildman–Crippen LogP) is 2.54. The maximum atomic E-state index is 12.7. The third-order valence-corrected chi connectivity index (χ3v) is 8.38. The van der Waals surface area contributed by atoms with Crippen molar-refractivity contribution < 1.29 is 19.1 Å². The molecule has 1 aromatic heterocycles. The average molecular weight is 546 g/mol. The summed E-state index contributed by atoms with van der Waals surface area (Å²) in [6.45, 7) is 4.45. The second-order valence-corrected chi connectivity index (χ2v) is 10.8. The Labute approximate surface area is 223 Å². The molecule has 3 heterocycles. The molecule has 0 bridgehead atoms. The first kappa shape index (κ1) is 26.8. The molecular formula is C24H27N5O4S3. The van der Waals surface area contributed by atoms with Gasteiger partial charge in [-0.1, -0.05) is 53.9 Å². The minimum atomic E-state index is -0.0130. The lowest BCUT2D eigenvalue weighted by atomic mass is 10.2. The van der Waals surface area contributed by atoms with Gasteiger partial charge in [0.25, 0.3) is 0 Å². The second-order valence-electron chi connectivity index (χ2n) is 7.94. The Hall–Kier alpha value is -2.30. The van der Waals surface area contributed by atoms with Crippen LogP contribution in [0, 0.1) is 11.3 Å². The van der Waals surface area contributed by atoms with Gasteiger partial charge in [0.05, 0.1) is 37.9 Å². The zero-order valence-electron chi connectivity index (χ0n) is 19.8. The number of rotatable bonds is 9. The SMILES string of the molecule is N#Cc1c(SCC(=O)N2CCOCC2)nc(SCC(=O)N2CCOCC2)nc1SCc1ccccc1. The van der Waals surface area contributed by atoms with E-state index in [1.54, 1.807) is 9.80 Å². The highest BCUT2D eigenvalue weighted by atomic mass is 32.2. The van der Waals surface area contributed by atoms with E-state index < -0.39 is 0 Å². The molecule has 2 aliphatic heterocycles. The van der Waals surface area contributed by atoms with Gasteiger partial charge in [-0.15, -0.1) is 11.8 Å². The average Bonchev–Trinajstić information content (AvgIpc) is 2.94. The highest BCUT2D eigenvalue weighted by molar-refractivity contribution is 8.01. The van der Waals surface area contributed by atoms with Crippen LogP contribution in [0.5, 0.6) is 0 Å². The summed E-state index contributed by atoms with van der Waals surface area (Å²) in [5.74, 6) is 1.00. The molecule has 1 aromatic carbocycles. The summed E-state index contributed by atoms with van der Waals surface area (Å²) >= 11 is 3.95. The van der Waals surface area contributed by atoms with Crippen LogP contribution >= 0.6 is 35.3 Å². The lowest BCUT2D eigenvalue weighted by Gasteiger charge is -2.26. The number of ether oxygens (including phenoxy) is 2. The Morgan fingerprint density at radius 3 is 1.92 bits per heavy atom. The molecule has 0 N–H and O–H groups in total. The molecule has 2 saturated heterocycles. The fourth-order valence-corrected chi connectivity index (χ4v) is 6.30. The summed E-state index contributed by atoms with van der Waals surface area (Å²) in [6.07, 6.45) is 0. The predicted molar refractivity (Wildman–Crippen MR) is 139 cm³/mol. The second kappa shape index (κ2) is 13.9. The normalized spacial score (nSPS) is 16.0. The van der Waals surface area contributed by atoms with Gasteiger partial charge in [-0.2, -0.15) is 5.26 Å². The Morgan fingerprint density at radius 2 is 1.36 bits per heavy atom. The number of nitriles is 1. The molecule has 0 radical (unpaired) electrons. The summed E-state index contributed by atoms with van der Waals surface area (Å²) in [7, 11) is 0. The molecule has 4 rings (SSSR count). The molecule has 0 saturated carbocycles. The fourth-order valence-electron chi connectivity index (χ4n) is 3.56. The van der Waals surface area contributed by atoms with E-state index in [4.69, 9.17) is 9.47 Å². The van der Waals surface area contributed by atoms with E-state index in [0.29, 0.717) is 79.1 Å². The molecule has 190 valence electrons. The van der Waals surface area contributed by atoms with Gasteiger partial charge in [0.1, 0.15) is 21.7 Å². The first-order valence-corrected chi connectivity index (χ1v) is 14.5. The molecule has 0 aliphatic carbocycles. The summed E-state index contributed by atoms with van der Waals surface area (Å²) in [5.41, 5.74) is 1.47. The zero-order chi connectivity index (χ0) is 25.2. The van der Waals surface area contributed by atoms with E-state index in [-0.39, 0.29) is 23.3 Å². The van der Waals surface area contributed by atoms with Crippen LogP contribution in [-0.2, 0) is 24.8 Å². The van der Waals surface area contributed by atoms with Crippen molar-refractivity contribution in [2.75, 3.05) is 64.1 Å². The molecule has 2 amide bonds. The zero-order valence-corrected chi connectivity index (χ0v) is 22.2. The van der Waals surface area contributed by atoms with E-state index in [2.05, 4.69) is 16.0 Å². The summed E-state index contributed by atoms with van der Waals surface area (Å²) in [6, 6.07) is 12.2. The maximum absolute atomic E-state index is 12.7. The molecule has 9 nitrogen and oxygen atoms in total. The van der Waals surface area contributed by atoms with Crippen LogP contribution in [0.25, 0.3) is 0 Å². The molecule has 2 aliphatic rings. The van der Waals surface area contributed by atoms with Crippen LogP contribution in [0.15, 0.2) is 45.5 Å². The third-order valence-electron chi connectivity index (χ3n) is 5.54. The van der Waals surface area contributed by atoms with Crippen LogP contribution in [0.4, 0.5) is 0 Å². The van der Waals surface area contributed by atoms with Crippen LogP contribution in [0.3, 0.4) is 0 Å². The van der Waals surface area contributed by atoms with Crippen molar-refractivity contribution in [3.8, 4) is 6.07 Å². The largest absolute Gasteiger partial charge is 0.378 e. The maximum Gasteiger partial charge on any atom is 0.233 e. The van der Waals surface area contributed by atoms with Crippen LogP contribution in [0.1, 0.15) is 11.1 Å². The number of aromatic nitrogens is 2. The number of morpholine rings is 2. The van der Waals surface area contributed by atoms with E-state index in [9.17, 15) is 14.9 Å². The summed E-state index contributed by atoms with van der Waals surface area (Å²) < 4.78 is 10.6. The molecule has 12 heteroatoms. The van der Waals surface area contributed by atoms with Crippen molar-refractivity contribution in [3.05, 3.63) is 41.5 Å². The molecular weight excluding hydrogens is 518 g/mol. The van der Waals surface area contributed by atoms with Crippen LogP contribution in [-0.4, -0.2) is 95.7 Å². The molecule has 0 atom stereocenters. The summed E-state index contributed by atoms with van der Waals surface area (Å²) in [4.78, 5) is 38.1. The molecule has 2 fully saturated rings. The van der Waals surface area contributed by atoms with Crippen molar-refractivity contribution in [1.29, 1.82) is 5.26 Å². The van der Waals surface area contributed by atoms with E-state index in [1.807, 2.05) is 30.3 Å². The van der Waals surface area contributed by atoms with E-state index in [1.165, 1.54) is 35.3 Å². The first-order chi connectivity index (χ1) is 17.6. The number of hydrogen-bond acceptors (Lipinski definition) is 10. The quantitative estimate of drug-likeness (QED) is 0.265. The smallest absolute Gasteiger partial charge is 0.233 e. The Morgan fingerprint density at radius 1 is 0.833 bits per heavy atom. The van der Waals surface area contributed by atoms with Crippen LogP contribution < -0.4 is 0 Å². The van der Waals surface area contributed by atoms with Crippen molar-refractivity contribution in [2.24, 2.45) is 0 Å². The lowest BCUT2D eigenvalue weighted by Crippen LogP contribution is -2.41. The minimum absolute atomic E-state index is 0.00597. The number of carbonyl (C=O) groups is 2. The molecule has 36 heavy (non-hydrogen) atoms. The number of amides is 2. The third kappa shape index (κ3) is 7.60. The van der Waals surface area contributed by atoms with E-state index >= 15 is 0 Å². The standard InChI is InChI=1S/C24H27N5O4S3/c25-14-19-22(34-15-18-4-2-1-3-5-18)26-24(36-17-21(31)29-8-12-33-13-9-29)27-23(19)35-16-20(30)28-6-10-32-11-7-28/h1-5H,6-13,15-17H2. The molecule has 2 aromatic rings. The summed E-state index contributed by atoms with van der Waals surface area (Å²) in [5, 5.41) is 11.4. The van der Waals surface area contributed by atoms with Crippen LogP contribution in [0.2, 0.25) is 0 Å². The van der Waals surface area contributed by atoms with Crippen molar-refractivity contribution in [2.45, 2.75) is 21.0 Å². The van der Waals surface area contributed by atoms with Gasteiger partial charge in [0.2, 0.25) is 11.8 Å². The van der Waals surface area contributed by atoms with Gasteiger partial charge < -0.3 is 19.3 Å². The van der Waals surface area contributed by atoms with Gasteiger partial charge >= 0.3 is 0 Å². The highest BCUT2D eigenvalue weighted by Gasteiger charge is 2.22.